The molecular formula is C30H28N4O8. The van der Waals surface area contributed by atoms with Crippen molar-refractivity contribution in [1.29, 1.82) is 0 Å². The first-order chi connectivity index (χ1) is 20.0. The van der Waals surface area contributed by atoms with Gasteiger partial charge in [0.05, 0.1) is 25.6 Å². The van der Waals surface area contributed by atoms with Crippen molar-refractivity contribution in [3.05, 3.63) is 104 Å². The molecule has 2 heterocycles. The number of carbonyl (C=O) groups is 3. The van der Waals surface area contributed by atoms with Gasteiger partial charge in [0.1, 0.15) is 22.6 Å². The Morgan fingerprint density at radius 1 is 0.857 bits per heavy atom. The van der Waals surface area contributed by atoms with Gasteiger partial charge in [-0.05, 0) is 43.3 Å². The minimum absolute atomic E-state index is 0.167. The third-order valence-electron chi connectivity index (χ3n) is 6.56. The Morgan fingerprint density at radius 2 is 1.45 bits per heavy atom. The monoisotopic (exact) mass is 572 g/mol. The number of anilines is 1. The van der Waals surface area contributed by atoms with E-state index in [0.717, 1.165) is 18.9 Å². The van der Waals surface area contributed by atoms with Crippen LogP contribution in [0.15, 0.2) is 87.5 Å². The van der Waals surface area contributed by atoms with E-state index in [1.807, 2.05) is 0 Å². The summed E-state index contributed by atoms with van der Waals surface area (Å²) in [7, 11) is 5.47. The first-order valence-electron chi connectivity index (χ1n) is 12.6. The number of nitrogens with zero attached hydrogens (tertiary/aromatic N) is 4. The van der Waals surface area contributed by atoms with Crippen LogP contribution in [0.4, 0.5) is 10.5 Å². The highest BCUT2D eigenvalue weighted by atomic mass is 16.5. The molecule has 0 saturated carbocycles. The fraction of sp³-hybridized carbons (Fsp3) is 0.167. The number of carbonyl (C=O) groups excluding carboxylic acids is 3. The van der Waals surface area contributed by atoms with Crippen molar-refractivity contribution in [3.8, 4) is 23.1 Å². The third kappa shape index (κ3) is 5.37. The molecule has 1 aliphatic heterocycles. The van der Waals surface area contributed by atoms with Crippen molar-refractivity contribution in [2.45, 2.75) is 6.92 Å². The predicted octanol–water partition coefficient (Wildman–Crippen LogP) is 2.77. The van der Waals surface area contributed by atoms with Gasteiger partial charge in [-0.15, -0.1) is 0 Å². The Labute approximate surface area is 240 Å². The Balaban J connectivity index is 1.70. The zero-order chi connectivity index (χ0) is 30.7. The number of rotatable bonds is 7. The predicted molar refractivity (Wildman–Crippen MR) is 155 cm³/mol. The number of hydrogen-bond donors (Lipinski definition) is 1. The quantitative estimate of drug-likeness (QED) is 0.259. The van der Waals surface area contributed by atoms with E-state index in [1.165, 1.54) is 64.8 Å². The third-order valence-corrected chi connectivity index (χ3v) is 6.56. The lowest BCUT2D eigenvalue weighted by Gasteiger charge is -2.31. The van der Waals surface area contributed by atoms with E-state index in [4.69, 9.17) is 9.47 Å². The molecule has 0 spiro atoms. The number of likely N-dealkylation sites (N-methyl/N-ethyl adjacent to an activating group) is 1. The maximum absolute atomic E-state index is 13.2. The Morgan fingerprint density at radius 3 is 2.07 bits per heavy atom. The van der Waals surface area contributed by atoms with Crippen LogP contribution in [0, 0.1) is 0 Å². The summed E-state index contributed by atoms with van der Waals surface area (Å²) in [6.45, 7) is 1.64. The highest BCUT2D eigenvalue weighted by molar-refractivity contribution is 6.37. The first-order valence-corrected chi connectivity index (χ1v) is 12.6. The number of ether oxygens (including phenoxy) is 2. The van der Waals surface area contributed by atoms with Crippen molar-refractivity contribution in [2.75, 3.05) is 26.2 Å². The topological polar surface area (TPSA) is 140 Å². The second-order valence-corrected chi connectivity index (χ2v) is 9.23. The Hall–Kier alpha value is -5.65. The fourth-order valence-electron chi connectivity index (χ4n) is 4.17. The normalized spacial score (nSPS) is 15.2. The second-order valence-electron chi connectivity index (χ2n) is 9.23. The summed E-state index contributed by atoms with van der Waals surface area (Å²) in [6.07, 6.45) is 5.52. The number of benzene rings is 2. The van der Waals surface area contributed by atoms with E-state index in [0.29, 0.717) is 17.1 Å². The molecule has 4 rings (SSSR count). The van der Waals surface area contributed by atoms with E-state index in [-0.39, 0.29) is 22.5 Å². The van der Waals surface area contributed by atoms with Gasteiger partial charge >= 0.3 is 11.7 Å². The van der Waals surface area contributed by atoms with Gasteiger partial charge in [-0.3, -0.25) is 23.9 Å². The molecule has 1 saturated heterocycles. The zero-order valence-electron chi connectivity index (χ0n) is 23.5. The van der Waals surface area contributed by atoms with Crippen LogP contribution >= 0.6 is 0 Å². The molecule has 1 fully saturated rings. The molecule has 12 heteroatoms. The van der Waals surface area contributed by atoms with Crippen LogP contribution in [0.2, 0.25) is 0 Å². The smallest absolute Gasteiger partial charge is 0.338 e. The van der Waals surface area contributed by atoms with Crippen molar-refractivity contribution in [1.82, 2.24) is 14.0 Å². The SMILES string of the molecule is COc1cccc(N2C(=O)/C(=C/C=C(C)/C=C/c3c(O)n(-c4cccc(OC)c4)c(=O)n(C)c3=O)C(=O)N(C)C2=O)c1. The molecule has 42 heavy (non-hydrogen) atoms. The average molecular weight is 573 g/mol. The zero-order valence-corrected chi connectivity index (χ0v) is 23.5. The van der Waals surface area contributed by atoms with Crippen molar-refractivity contribution < 1.29 is 29.0 Å². The molecule has 1 aliphatic rings. The average Bonchev–Trinajstić information content (AvgIpc) is 2.99. The van der Waals surface area contributed by atoms with Crippen molar-refractivity contribution in [3.63, 3.8) is 0 Å². The number of hydrogen-bond acceptors (Lipinski definition) is 8. The summed E-state index contributed by atoms with van der Waals surface area (Å²) in [5.41, 5.74) is -0.923. The molecule has 1 N–H and O–H groups in total. The number of amides is 4. The highest BCUT2D eigenvalue weighted by Gasteiger charge is 2.40. The number of imide groups is 2. The molecular weight excluding hydrogens is 544 g/mol. The van der Waals surface area contributed by atoms with E-state index < -0.39 is 35.0 Å². The van der Waals surface area contributed by atoms with Gasteiger partial charge in [-0.25, -0.2) is 19.1 Å². The summed E-state index contributed by atoms with van der Waals surface area (Å²) in [5.74, 6) is -1.31. The van der Waals surface area contributed by atoms with Gasteiger partial charge in [-0.2, -0.15) is 0 Å². The van der Waals surface area contributed by atoms with Crippen LogP contribution in [-0.4, -0.2) is 58.3 Å². The summed E-state index contributed by atoms with van der Waals surface area (Å²) < 4.78 is 12.2. The molecule has 4 amide bonds. The van der Waals surface area contributed by atoms with Crippen LogP contribution in [0.25, 0.3) is 11.8 Å². The number of allylic oxidation sites excluding steroid dienone is 4. The number of aromatic nitrogens is 2. The largest absolute Gasteiger partial charge is 0.497 e. The fourth-order valence-corrected chi connectivity index (χ4v) is 4.17. The maximum atomic E-state index is 13.2. The first kappa shape index (κ1) is 29.3. The number of barbiturate groups is 1. The van der Waals surface area contributed by atoms with Crippen LogP contribution in [0.1, 0.15) is 12.5 Å². The lowest BCUT2D eigenvalue weighted by molar-refractivity contribution is -0.128. The van der Waals surface area contributed by atoms with Gasteiger partial charge in [0.15, 0.2) is 0 Å². The minimum Gasteiger partial charge on any atom is -0.497 e. The van der Waals surface area contributed by atoms with Gasteiger partial charge in [0.25, 0.3) is 17.4 Å². The van der Waals surface area contributed by atoms with Gasteiger partial charge < -0.3 is 14.6 Å². The molecule has 0 bridgehead atoms. The van der Waals surface area contributed by atoms with Crippen LogP contribution in [0.3, 0.4) is 0 Å². The highest BCUT2D eigenvalue weighted by Crippen LogP contribution is 2.27. The standard InChI is InChI=1S/C30H28N4O8/c1-18(12-14-23-25(35)31(2)29(39)33(27(23)37)19-8-6-10-21(16-19)41-4)13-15-24-26(36)32(3)30(40)34(28(24)38)20-9-7-11-22(17-20)42-5/h6-17,37H,1-5H3/b14-12+,18-13+,24-15+. The molecule has 3 aromatic rings. The number of urea groups is 1. The van der Waals surface area contributed by atoms with Crippen LogP contribution in [0.5, 0.6) is 17.4 Å². The molecule has 12 nitrogen and oxygen atoms in total. The summed E-state index contributed by atoms with van der Waals surface area (Å²) >= 11 is 0. The Kier molecular flexibility index (Phi) is 8.27. The molecule has 1 aromatic heterocycles. The lowest BCUT2D eigenvalue weighted by Crippen LogP contribution is -2.55. The Bertz CT molecular complexity index is 1810. The van der Waals surface area contributed by atoms with E-state index in [2.05, 4.69) is 0 Å². The lowest BCUT2D eigenvalue weighted by atomic mass is 10.1. The van der Waals surface area contributed by atoms with E-state index >= 15 is 0 Å². The molecule has 216 valence electrons. The van der Waals surface area contributed by atoms with E-state index in [9.17, 15) is 29.1 Å². The van der Waals surface area contributed by atoms with Gasteiger partial charge in [-0.1, -0.05) is 29.9 Å². The van der Waals surface area contributed by atoms with Crippen LogP contribution < -0.4 is 25.6 Å². The molecule has 0 radical (unpaired) electrons. The van der Waals surface area contributed by atoms with Crippen molar-refractivity contribution >= 4 is 29.6 Å². The minimum atomic E-state index is -0.818. The molecule has 0 aliphatic carbocycles. The van der Waals surface area contributed by atoms with Crippen molar-refractivity contribution in [2.24, 2.45) is 7.05 Å². The van der Waals surface area contributed by atoms with Gasteiger partial charge in [0.2, 0.25) is 5.88 Å². The van der Waals surface area contributed by atoms with Crippen LogP contribution in [-0.2, 0) is 16.6 Å². The maximum Gasteiger partial charge on any atom is 0.338 e. The molecule has 0 atom stereocenters. The second kappa shape index (κ2) is 11.8. The molecule has 2 aromatic carbocycles. The summed E-state index contributed by atoms with van der Waals surface area (Å²) in [6, 6.07) is 11.9. The number of aromatic hydroxyl groups is 1. The van der Waals surface area contributed by atoms with E-state index in [1.54, 1.807) is 43.3 Å². The number of methoxy groups -OCH3 is 2. The molecule has 0 unspecified atom stereocenters. The summed E-state index contributed by atoms with van der Waals surface area (Å²) in [4.78, 5) is 66.2. The van der Waals surface area contributed by atoms with Gasteiger partial charge in [0, 0.05) is 26.2 Å². The summed E-state index contributed by atoms with van der Waals surface area (Å²) in [5, 5.41) is 10.9.